The Hall–Kier alpha value is -4.91. The van der Waals surface area contributed by atoms with Crippen molar-refractivity contribution < 1.29 is 9.18 Å². The van der Waals surface area contributed by atoms with E-state index in [-0.39, 0.29) is 16.1 Å². The largest absolute Gasteiger partial charge is 0.315 e. The number of ketones is 1. The molecule has 4 aromatic carbocycles. The first kappa shape index (κ1) is 30.1. The Morgan fingerprint density at radius 1 is 0.822 bits per heavy atom. The Morgan fingerprint density at radius 3 is 1.96 bits per heavy atom. The summed E-state index contributed by atoms with van der Waals surface area (Å²) < 4.78 is 18.3. The fourth-order valence-corrected chi connectivity index (χ4v) is 6.33. The third-order valence-corrected chi connectivity index (χ3v) is 8.55. The van der Waals surface area contributed by atoms with E-state index in [1.807, 2.05) is 74.0 Å². The Labute approximate surface area is 267 Å². The molecule has 1 N–H and O–H groups in total. The number of rotatable bonds is 11. The second kappa shape index (κ2) is 13.4. The van der Waals surface area contributed by atoms with Gasteiger partial charge in [-0.1, -0.05) is 116 Å². The van der Waals surface area contributed by atoms with E-state index in [0.717, 1.165) is 22.4 Å². The van der Waals surface area contributed by atoms with Crippen LogP contribution in [-0.2, 0) is 12.1 Å². The maximum absolute atomic E-state index is 16.1. The van der Waals surface area contributed by atoms with Crippen molar-refractivity contribution in [3.05, 3.63) is 190 Å². The van der Waals surface area contributed by atoms with E-state index in [2.05, 4.69) is 56.3 Å². The predicted molar refractivity (Wildman–Crippen MR) is 176 cm³/mol. The van der Waals surface area contributed by atoms with Crippen LogP contribution in [0.1, 0.15) is 63.3 Å². The van der Waals surface area contributed by atoms with Crippen molar-refractivity contribution in [1.29, 1.82) is 0 Å². The molecule has 1 atom stereocenters. The summed E-state index contributed by atoms with van der Waals surface area (Å²) in [5, 5.41) is 3.62. The molecule has 224 valence electrons. The van der Waals surface area contributed by atoms with Crippen LogP contribution in [0.15, 0.2) is 140 Å². The Morgan fingerprint density at radius 2 is 1.42 bits per heavy atom. The average molecular weight is 615 g/mol. The number of hydrogen-bond donors (Lipinski definition) is 1. The summed E-state index contributed by atoms with van der Waals surface area (Å²) in [4.78, 5) is 21.9. The molecule has 0 aliphatic carbocycles. The zero-order valence-corrected chi connectivity index (χ0v) is 25.5. The summed E-state index contributed by atoms with van der Waals surface area (Å²) in [5.41, 5.74) is 3.92. The van der Waals surface area contributed by atoms with Crippen LogP contribution in [0.25, 0.3) is 0 Å². The van der Waals surface area contributed by atoms with Crippen molar-refractivity contribution in [1.82, 2.24) is 19.9 Å². The van der Waals surface area contributed by atoms with Gasteiger partial charge in [0.2, 0.25) is 0 Å². The van der Waals surface area contributed by atoms with Crippen LogP contribution in [0, 0.1) is 5.82 Å². The number of imidazole rings is 1. The zero-order chi connectivity index (χ0) is 31.2. The third-order valence-electron chi connectivity index (χ3n) is 8.24. The standard InChI is InChI=1S/C38H32ClFN4O/c1-2-34(32-20-21-33(39)35(36(32)40)37(45)27-13-12-22-41-23-27)43-25-31-24-42-26-44(31)38(28-14-6-3-7-15-28,29-16-8-4-9-17-29)30-18-10-5-11-19-30/h3-24,26,34,43H,2,25H2,1H3. The molecule has 5 nitrogen and oxygen atoms in total. The maximum atomic E-state index is 16.1. The summed E-state index contributed by atoms with van der Waals surface area (Å²) in [6.45, 7) is 2.37. The van der Waals surface area contributed by atoms with Gasteiger partial charge in [0.25, 0.3) is 0 Å². The second-order valence-electron chi connectivity index (χ2n) is 10.8. The fourth-order valence-electron chi connectivity index (χ4n) is 6.10. The van der Waals surface area contributed by atoms with Crippen molar-refractivity contribution in [3.63, 3.8) is 0 Å². The van der Waals surface area contributed by atoms with Crippen molar-refractivity contribution >= 4 is 17.4 Å². The first-order valence-electron chi connectivity index (χ1n) is 14.9. The minimum atomic E-state index is -0.728. The van der Waals surface area contributed by atoms with Gasteiger partial charge in [0, 0.05) is 42.3 Å². The highest BCUT2D eigenvalue weighted by atomic mass is 35.5. The first-order valence-corrected chi connectivity index (χ1v) is 15.3. The maximum Gasteiger partial charge on any atom is 0.199 e. The van der Waals surface area contributed by atoms with E-state index < -0.39 is 23.2 Å². The van der Waals surface area contributed by atoms with Crippen LogP contribution in [0.2, 0.25) is 5.02 Å². The van der Waals surface area contributed by atoms with Gasteiger partial charge in [-0.25, -0.2) is 9.37 Å². The van der Waals surface area contributed by atoms with Crippen LogP contribution in [0.5, 0.6) is 0 Å². The van der Waals surface area contributed by atoms with Crippen LogP contribution >= 0.6 is 11.6 Å². The second-order valence-corrected chi connectivity index (χ2v) is 11.2. The number of hydrogen-bond acceptors (Lipinski definition) is 4. The number of carbonyl (C=O) groups excluding carboxylic acids is 1. The minimum absolute atomic E-state index is 0.0661. The summed E-state index contributed by atoms with van der Waals surface area (Å²) in [6.07, 6.45) is 7.26. The molecule has 0 aliphatic rings. The molecule has 1 unspecified atom stereocenters. The molecule has 0 saturated heterocycles. The zero-order valence-electron chi connectivity index (χ0n) is 24.8. The highest BCUT2D eigenvalue weighted by molar-refractivity contribution is 6.35. The number of aromatic nitrogens is 3. The van der Waals surface area contributed by atoms with Gasteiger partial charge in [0.05, 0.1) is 22.6 Å². The number of pyridine rings is 1. The highest BCUT2D eigenvalue weighted by Gasteiger charge is 2.39. The van der Waals surface area contributed by atoms with Crippen molar-refractivity contribution in [2.45, 2.75) is 31.5 Å². The molecule has 6 aromatic rings. The molecular formula is C38H32ClFN4O. The monoisotopic (exact) mass is 614 g/mol. The van der Waals surface area contributed by atoms with Gasteiger partial charge < -0.3 is 9.88 Å². The molecule has 0 radical (unpaired) electrons. The van der Waals surface area contributed by atoms with Gasteiger partial charge in [-0.3, -0.25) is 9.78 Å². The molecule has 2 aromatic heterocycles. The SMILES string of the molecule is CCC(NCc1cncn1C(c1ccccc1)(c1ccccc1)c1ccccc1)c1ccc(Cl)c(C(=O)c2cccnc2)c1F. The van der Waals surface area contributed by atoms with E-state index in [1.54, 1.807) is 30.5 Å². The van der Waals surface area contributed by atoms with Gasteiger partial charge in [0.1, 0.15) is 11.4 Å². The summed E-state index contributed by atoms with van der Waals surface area (Å²) in [7, 11) is 0. The van der Waals surface area contributed by atoms with E-state index >= 15 is 4.39 Å². The minimum Gasteiger partial charge on any atom is -0.315 e. The number of carbonyl (C=O) groups is 1. The lowest BCUT2D eigenvalue weighted by Crippen LogP contribution is -2.39. The smallest absolute Gasteiger partial charge is 0.199 e. The molecular weight excluding hydrogens is 583 g/mol. The van der Waals surface area contributed by atoms with E-state index in [9.17, 15) is 4.79 Å². The van der Waals surface area contributed by atoms with Crippen molar-refractivity contribution in [3.8, 4) is 0 Å². The number of nitrogens with zero attached hydrogens (tertiary/aromatic N) is 3. The predicted octanol–water partition coefficient (Wildman–Crippen LogP) is 8.38. The number of benzene rings is 4. The van der Waals surface area contributed by atoms with Crippen molar-refractivity contribution in [2.75, 3.05) is 0 Å². The fraction of sp³-hybridized carbons (Fsp3) is 0.132. The molecule has 0 aliphatic heterocycles. The quantitative estimate of drug-likeness (QED) is 0.118. The summed E-state index contributed by atoms with van der Waals surface area (Å²) in [5.74, 6) is -1.13. The lowest BCUT2D eigenvalue weighted by Gasteiger charge is -2.38. The third kappa shape index (κ3) is 5.70. The van der Waals surface area contributed by atoms with Gasteiger partial charge in [0.15, 0.2) is 5.78 Å². The van der Waals surface area contributed by atoms with Gasteiger partial charge >= 0.3 is 0 Å². The molecule has 0 amide bonds. The van der Waals surface area contributed by atoms with Gasteiger partial charge in [-0.2, -0.15) is 0 Å². The van der Waals surface area contributed by atoms with Crippen LogP contribution in [0.3, 0.4) is 0 Å². The molecule has 0 saturated carbocycles. The topological polar surface area (TPSA) is 59.8 Å². The Balaban J connectivity index is 1.41. The summed E-state index contributed by atoms with van der Waals surface area (Å²) >= 11 is 6.38. The van der Waals surface area contributed by atoms with Crippen LogP contribution in [0.4, 0.5) is 4.39 Å². The highest BCUT2D eigenvalue weighted by Crippen LogP contribution is 2.41. The van der Waals surface area contributed by atoms with Crippen LogP contribution in [-0.4, -0.2) is 20.3 Å². The number of halogens is 2. The molecule has 7 heteroatoms. The van der Waals surface area contributed by atoms with Gasteiger partial charge in [-0.05, 0) is 41.3 Å². The molecule has 0 bridgehead atoms. The lowest BCUT2D eigenvalue weighted by atomic mass is 9.76. The molecule has 0 spiro atoms. The Kier molecular flexibility index (Phi) is 8.96. The normalized spacial score (nSPS) is 12.2. The van der Waals surface area contributed by atoms with E-state index in [1.165, 1.54) is 6.20 Å². The average Bonchev–Trinajstić information content (AvgIpc) is 3.57. The number of nitrogens with one attached hydrogen (secondary N) is 1. The van der Waals surface area contributed by atoms with Gasteiger partial charge in [-0.15, -0.1) is 0 Å². The molecule has 45 heavy (non-hydrogen) atoms. The Bertz CT molecular complexity index is 1780. The van der Waals surface area contributed by atoms with E-state index in [4.69, 9.17) is 11.6 Å². The van der Waals surface area contributed by atoms with Crippen molar-refractivity contribution in [2.24, 2.45) is 0 Å². The molecule has 2 heterocycles. The lowest BCUT2D eigenvalue weighted by molar-refractivity contribution is 0.103. The molecule has 6 rings (SSSR count). The molecule has 0 fully saturated rings. The first-order chi connectivity index (χ1) is 22.1. The van der Waals surface area contributed by atoms with E-state index in [0.29, 0.717) is 18.5 Å². The summed E-state index contributed by atoms with van der Waals surface area (Å²) in [6, 6.07) is 37.2. The van der Waals surface area contributed by atoms with Crippen LogP contribution < -0.4 is 5.32 Å².